The third kappa shape index (κ3) is 2.84. The Labute approximate surface area is 130 Å². The molecule has 20 heavy (non-hydrogen) atoms. The van der Waals surface area contributed by atoms with Gasteiger partial charge in [-0.2, -0.15) is 0 Å². The van der Waals surface area contributed by atoms with Gasteiger partial charge in [0.05, 0.1) is 12.0 Å². The Hall–Kier alpha value is -1.06. The maximum absolute atomic E-state index is 12.9. The van der Waals surface area contributed by atoms with Crippen LogP contribution < -0.4 is 4.74 Å². The fraction of sp³-hybridized carbons (Fsp3) is 0.250. The average molecular weight is 356 g/mol. The molecule has 0 radical (unpaired) electrons. The molecule has 0 aromatic heterocycles. The molecular weight excluding hydrogens is 343 g/mol. The minimum atomic E-state index is -0.230. The molecule has 2 aromatic rings. The van der Waals surface area contributed by atoms with Crippen molar-refractivity contribution in [3.8, 4) is 5.75 Å². The van der Waals surface area contributed by atoms with E-state index in [1.165, 1.54) is 17.7 Å². The minimum absolute atomic E-state index is 0.190. The molecule has 0 saturated heterocycles. The normalized spacial score (nSPS) is 14.8. The molecular formula is C16H13BrClFO. The lowest BCUT2D eigenvalue weighted by molar-refractivity contribution is 0.353. The molecule has 0 bridgehead atoms. The second kappa shape index (κ2) is 5.74. The Morgan fingerprint density at radius 1 is 1.25 bits per heavy atom. The fourth-order valence-electron chi connectivity index (χ4n) is 2.47. The van der Waals surface area contributed by atoms with Crippen LogP contribution in [0.1, 0.15) is 22.1 Å². The first-order chi connectivity index (χ1) is 9.63. The summed E-state index contributed by atoms with van der Waals surface area (Å²) < 4.78 is 19.6. The molecule has 0 N–H and O–H groups in total. The Bertz CT molecular complexity index is 627. The first kappa shape index (κ1) is 13.9. The summed E-state index contributed by atoms with van der Waals surface area (Å²) in [6, 6.07) is 10.5. The molecule has 2 aromatic carbocycles. The van der Waals surface area contributed by atoms with E-state index >= 15 is 0 Å². The monoisotopic (exact) mass is 354 g/mol. The predicted octanol–water partition coefficient (Wildman–Crippen LogP) is 5.05. The zero-order chi connectivity index (χ0) is 14.1. The number of benzene rings is 2. The van der Waals surface area contributed by atoms with Crippen LogP contribution in [0.4, 0.5) is 4.39 Å². The van der Waals surface area contributed by atoms with E-state index in [2.05, 4.69) is 22.0 Å². The molecule has 0 amide bonds. The van der Waals surface area contributed by atoms with Gasteiger partial charge in [-0.1, -0.05) is 28.1 Å². The number of rotatable bonds is 3. The van der Waals surface area contributed by atoms with E-state index in [1.54, 1.807) is 12.1 Å². The van der Waals surface area contributed by atoms with Gasteiger partial charge >= 0.3 is 0 Å². The smallest absolute Gasteiger partial charge is 0.127 e. The fourth-order valence-corrected chi connectivity index (χ4v) is 3.33. The molecule has 0 spiro atoms. The summed E-state index contributed by atoms with van der Waals surface area (Å²) in [5, 5.41) is -0.190. The van der Waals surface area contributed by atoms with Crippen molar-refractivity contribution in [2.45, 2.75) is 18.2 Å². The first-order valence-corrected chi connectivity index (χ1v) is 7.70. The van der Waals surface area contributed by atoms with E-state index in [1.807, 2.05) is 6.07 Å². The molecule has 1 aliphatic heterocycles. The van der Waals surface area contributed by atoms with Gasteiger partial charge in [0.2, 0.25) is 0 Å². The summed E-state index contributed by atoms with van der Waals surface area (Å²) in [6.45, 7) is 0.707. The predicted molar refractivity (Wildman–Crippen MR) is 82.0 cm³/mol. The van der Waals surface area contributed by atoms with Crippen molar-refractivity contribution in [1.29, 1.82) is 0 Å². The van der Waals surface area contributed by atoms with Gasteiger partial charge in [-0.3, -0.25) is 0 Å². The maximum atomic E-state index is 12.9. The van der Waals surface area contributed by atoms with Crippen LogP contribution in [-0.4, -0.2) is 6.61 Å². The number of ether oxygens (including phenoxy) is 1. The molecule has 0 fully saturated rings. The zero-order valence-corrected chi connectivity index (χ0v) is 13.0. The molecule has 4 heteroatoms. The van der Waals surface area contributed by atoms with E-state index in [-0.39, 0.29) is 11.2 Å². The van der Waals surface area contributed by atoms with Crippen molar-refractivity contribution >= 4 is 27.5 Å². The summed E-state index contributed by atoms with van der Waals surface area (Å²) in [6.07, 6.45) is 1.57. The van der Waals surface area contributed by atoms with Crippen molar-refractivity contribution in [1.82, 2.24) is 0 Å². The van der Waals surface area contributed by atoms with Crippen molar-refractivity contribution in [2.75, 3.05) is 6.61 Å². The minimum Gasteiger partial charge on any atom is -0.493 e. The van der Waals surface area contributed by atoms with Crippen LogP contribution >= 0.6 is 27.5 Å². The lowest BCUT2D eigenvalue weighted by atomic mass is 10.0. The Morgan fingerprint density at radius 2 is 2.00 bits per heavy atom. The lowest BCUT2D eigenvalue weighted by Gasteiger charge is -2.14. The van der Waals surface area contributed by atoms with Crippen LogP contribution in [0.2, 0.25) is 0 Å². The highest BCUT2D eigenvalue weighted by Gasteiger charge is 2.22. The van der Waals surface area contributed by atoms with Crippen molar-refractivity contribution in [3.05, 3.63) is 63.4 Å². The largest absolute Gasteiger partial charge is 0.493 e. The molecule has 1 heterocycles. The summed E-state index contributed by atoms with van der Waals surface area (Å²) in [5.74, 6) is 0.682. The number of hydrogen-bond donors (Lipinski definition) is 0. The van der Waals surface area contributed by atoms with Gasteiger partial charge in [-0.25, -0.2) is 4.39 Å². The van der Waals surface area contributed by atoms with Crippen molar-refractivity contribution in [2.24, 2.45) is 0 Å². The first-order valence-electron chi connectivity index (χ1n) is 6.47. The Balaban J connectivity index is 1.87. The number of alkyl halides is 1. The summed E-state index contributed by atoms with van der Waals surface area (Å²) in [5.41, 5.74) is 3.20. The Morgan fingerprint density at radius 3 is 2.75 bits per heavy atom. The molecule has 1 nitrogen and oxygen atoms in total. The van der Waals surface area contributed by atoms with E-state index in [0.717, 1.165) is 27.8 Å². The van der Waals surface area contributed by atoms with E-state index in [0.29, 0.717) is 13.0 Å². The average Bonchev–Trinajstić information content (AvgIpc) is 2.88. The molecule has 104 valence electrons. The van der Waals surface area contributed by atoms with Crippen LogP contribution in [0.25, 0.3) is 0 Å². The summed E-state index contributed by atoms with van der Waals surface area (Å²) >= 11 is 10.1. The maximum Gasteiger partial charge on any atom is 0.127 e. The second-order valence-electron chi connectivity index (χ2n) is 4.88. The Kier molecular flexibility index (Phi) is 3.99. The molecule has 0 aliphatic carbocycles. The van der Waals surface area contributed by atoms with Gasteiger partial charge in [0.15, 0.2) is 0 Å². The van der Waals surface area contributed by atoms with Gasteiger partial charge in [0.1, 0.15) is 11.6 Å². The highest BCUT2D eigenvalue weighted by molar-refractivity contribution is 9.10. The molecule has 0 saturated carbocycles. The van der Waals surface area contributed by atoms with Crippen LogP contribution in [0.3, 0.4) is 0 Å². The van der Waals surface area contributed by atoms with Gasteiger partial charge in [0.25, 0.3) is 0 Å². The van der Waals surface area contributed by atoms with Crippen LogP contribution in [-0.2, 0) is 12.8 Å². The van der Waals surface area contributed by atoms with Crippen molar-refractivity contribution in [3.63, 3.8) is 0 Å². The quantitative estimate of drug-likeness (QED) is 0.700. The lowest BCUT2D eigenvalue weighted by Crippen LogP contribution is -1.99. The third-order valence-corrected chi connectivity index (χ3v) is 4.29. The van der Waals surface area contributed by atoms with Gasteiger partial charge in [0, 0.05) is 16.5 Å². The van der Waals surface area contributed by atoms with Crippen LogP contribution in [0, 0.1) is 5.82 Å². The summed E-state index contributed by atoms with van der Waals surface area (Å²) in [7, 11) is 0. The third-order valence-electron chi connectivity index (χ3n) is 3.44. The molecule has 1 unspecified atom stereocenters. The number of halogens is 3. The summed E-state index contributed by atoms with van der Waals surface area (Å²) in [4.78, 5) is 0. The SMILES string of the molecule is Fc1ccc(CC(Cl)c2cc(Br)cc3c2OCC3)cc1. The van der Waals surface area contributed by atoms with Crippen LogP contribution in [0.15, 0.2) is 40.9 Å². The highest BCUT2D eigenvalue weighted by Crippen LogP contribution is 2.40. The highest BCUT2D eigenvalue weighted by atomic mass is 79.9. The number of fused-ring (bicyclic) bond motifs is 1. The van der Waals surface area contributed by atoms with E-state index < -0.39 is 0 Å². The standard InChI is InChI=1S/C16H13BrClFO/c17-12-8-11-5-6-20-16(11)14(9-12)15(18)7-10-1-3-13(19)4-2-10/h1-4,8-9,15H,5-7H2. The van der Waals surface area contributed by atoms with Gasteiger partial charge in [-0.05, 0) is 41.8 Å². The van der Waals surface area contributed by atoms with E-state index in [9.17, 15) is 4.39 Å². The van der Waals surface area contributed by atoms with E-state index in [4.69, 9.17) is 16.3 Å². The van der Waals surface area contributed by atoms with Gasteiger partial charge < -0.3 is 4.74 Å². The topological polar surface area (TPSA) is 9.23 Å². The molecule has 1 atom stereocenters. The zero-order valence-electron chi connectivity index (χ0n) is 10.7. The molecule has 3 rings (SSSR count). The second-order valence-corrected chi connectivity index (χ2v) is 6.32. The number of hydrogen-bond acceptors (Lipinski definition) is 1. The van der Waals surface area contributed by atoms with Crippen molar-refractivity contribution < 1.29 is 9.13 Å². The molecule has 1 aliphatic rings. The van der Waals surface area contributed by atoms with Crippen LogP contribution in [0.5, 0.6) is 5.75 Å². The van der Waals surface area contributed by atoms with Gasteiger partial charge in [-0.15, -0.1) is 11.6 Å².